The van der Waals surface area contributed by atoms with Gasteiger partial charge in [-0.05, 0) is 0 Å². The molecule has 116 valence electrons. The van der Waals surface area contributed by atoms with E-state index in [4.69, 9.17) is 139 Å². The Labute approximate surface area is 175 Å². The number of rotatable bonds is 0. The molecule has 20 heavy (non-hydrogen) atoms. The Kier molecular flexibility index (Phi) is 6.67. The van der Waals surface area contributed by atoms with E-state index in [1.165, 1.54) is 0 Å². The van der Waals surface area contributed by atoms with Gasteiger partial charge in [0.05, 0.1) is 20.1 Å². The number of halogens is 12. The lowest BCUT2D eigenvalue weighted by Gasteiger charge is -2.47. The van der Waals surface area contributed by atoms with Gasteiger partial charge in [-0.1, -0.05) is 139 Å². The van der Waals surface area contributed by atoms with Gasteiger partial charge in [0.1, 0.15) is 0 Å². The van der Waals surface area contributed by atoms with Crippen LogP contribution in [0.25, 0.3) is 0 Å². The number of allylic oxidation sites excluding steroid dienone is 4. The second-order valence-corrected chi connectivity index (χ2v) is 10.4. The molecule has 0 fully saturated rings. The zero-order valence-corrected chi connectivity index (χ0v) is 17.6. The van der Waals surface area contributed by atoms with E-state index in [9.17, 15) is 0 Å². The summed E-state index contributed by atoms with van der Waals surface area (Å²) in [7, 11) is 0. The van der Waals surface area contributed by atoms with Crippen molar-refractivity contribution in [3.05, 3.63) is 20.1 Å². The Balaban J connectivity index is 3.90. The van der Waals surface area contributed by atoms with Crippen molar-refractivity contribution in [3.8, 4) is 0 Å². The van der Waals surface area contributed by atoms with E-state index in [0.717, 1.165) is 0 Å². The summed E-state index contributed by atoms with van der Waals surface area (Å²) in [6.45, 7) is 0. The molecule has 0 unspecified atom stereocenters. The Hall–Kier alpha value is 2.96. The summed E-state index contributed by atoms with van der Waals surface area (Å²) >= 11 is 72.0. The van der Waals surface area contributed by atoms with Gasteiger partial charge < -0.3 is 0 Å². The van der Waals surface area contributed by atoms with Crippen LogP contribution in [0.2, 0.25) is 0 Å². The molecule has 0 bridgehead atoms. The molecule has 0 N–H and O–H groups in total. The van der Waals surface area contributed by atoms with Crippen molar-refractivity contribution < 1.29 is 0 Å². The summed E-state index contributed by atoms with van der Waals surface area (Å²) in [4.78, 5) is 0. The van der Waals surface area contributed by atoms with E-state index in [1.807, 2.05) is 0 Å². The molecule has 0 nitrogen and oxygen atoms in total. The first kappa shape index (κ1) is 21.0. The SMILES string of the molecule is ClC1=C(Cl)C(Cl)(Cl)C(Cl)(Cl)C(Cl)(Cl)C(Cl)(Cl)C(Cl)=C1Cl. The molecule has 0 spiro atoms. The number of alkyl halides is 8. The van der Waals surface area contributed by atoms with Crippen LogP contribution in [-0.2, 0) is 0 Å². The van der Waals surface area contributed by atoms with Gasteiger partial charge in [-0.3, -0.25) is 0 Å². The highest BCUT2D eigenvalue weighted by atomic mass is 35.6. The Morgan fingerprint density at radius 1 is 0.450 bits per heavy atom. The summed E-state index contributed by atoms with van der Waals surface area (Å²) in [6, 6.07) is 0. The Morgan fingerprint density at radius 2 is 0.650 bits per heavy atom. The smallest absolute Gasteiger partial charge is 0.0943 e. The molecule has 12 heteroatoms. The van der Waals surface area contributed by atoms with Crippen molar-refractivity contribution in [2.45, 2.75) is 17.3 Å². The fourth-order valence-corrected chi connectivity index (χ4v) is 4.84. The molecule has 1 aliphatic carbocycles. The lowest BCUT2D eigenvalue weighted by atomic mass is 10.1. The fourth-order valence-electron chi connectivity index (χ4n) is 1.14. The minimum atomic E-state index is -2.41. The van der Waals surface area contributed by atoms with Crippen LogP contribution in [-0.4, -0.2) is 17.3 Å². The van der Waals surface area contributed by atoms with Gasteiger partial charge in [0.25, 0.3) is 0 Å². The quantitative estimate of drug-likeness (QED) is 0.283. The molecular weight excluding hydrogens is 522 g/mol. The summed E-state index contributed by atoms with van der Waals surface area (Å²) in [5, 5.41) is -1.62. The Morgan fingerprint density at radius 3 is 0.850 bits per heavy atom. The summed E-state index contributed by atoms with van der Waals surface area (Å²) < 4.78 is -9.40. The minimum Gasteiger partial charge on any atom is -0.0943 e. The summed E-state index contributed by atoms with van der Waals surface area (Å²) in [5.41, 5.74) is 0. The molecule has 0 amide bonds. The first-order valence-corrected chi connectivity index (χ1v) is 8.80. The lowest BCUT2D eigenvalue weighted by Crippen LogP contribution is -2.59. The molecule has 0 atom stereocenters. The van der Waals surface area contributed by atoms with Crippen LogP contribution in [0.4, 0.5) is 0 Å². The molecular formula is C8Cl12. The van der Waals surface area contributed by atoms with Crippen molar-refractivity contribution >= 4 is 139 Å². The number of hydrogen-bond acceptors (Lipinski definition) is 0. The highest BCUT2D eigenvalue weighted by Crippen LogP contribution is 2.67. The maximum atomic E-state index is 6.06. The van der Waals surface area contributed by atoms with E-state index in [2.05, 4.69) is 0 Å². The third-order valence-electron chi connectivity index (χ3n) is 2.31. The van der Waals surface area contributed by atoms with Gasteiger partial charge in [-0.25, -0.2) is 0 Å². The van der Waals surface area contributed by atoms with Gasteiger partial charge in [-0.2, -0.15) is 0 Å². The molecule has 0 radical (unpaired) electrons. The third-order valence-corrected chi connectivity index (χ3v) is 10.0. The van der Waals surface area contributed by atoms with Crippen molar-refractivity contribution in [1.29, 1.82) is 0 Å². The van der Waals surface area contributed by atoms with Crippen LogP contribution < -0.4 is 0 Å². The maximum absolute atomic E-state index is 6.06. The van der Waals surface area contributed by atoms with Gasteiger partial charge in [0.2, 0.25) is 0 Å². The van der Waals surface area contributed by atoms with E-state index < -0.39 is 27.4 Å². The number of hydrogen-bond donors (Lipinski definition) is 0. The van der Waals surface area contributed by atoms with E-state index >= 15 is 0 Å². The summed E-state index contributed by atoms with van der Waals surface area (Å²) in [6.07, 6.45) is 0. The average molecular weight is 522 g/mol. The molecule has 1 aliphatic rings. The maximum Gasteiger partial charge on any atom is 0.192 e. The van der Waals surface area contributed by atoms with E-state index in [1.54, 1.807) is 0 Å². The van der Waals surface area contributed by atoms with Gasteiger partial charge >= 0.3 is 0 Å². The van der Waals surface area contributed by atoms with Crippen LogP contribution in [0.3, 0.4) is 0 Å². The predicted molar refractivity (Wildman–Crippen MR) is 95.2 cm³/mol. The van der Waals surface area contributed by atoms with Crippen LogP contribution in [0.1, 0.15) is 0 Å². The standard InChI is InChI=1S/C8Cl12/c9-1-2(10)4(12)6(15,16)8(19,20)7(17,18)5(13,14)3(1)11. The predicted octanol–water partition coefficient (Wildman–Crippen LogP) is 8.07. The van der Waals surface area contributed by atoms with Crippen molar-refractivity contribution in [2.75, 3.05) is 0 Å². The fraction of sp³-hybridized carbons (Fsp3) is 0.500. The second-order valence-electron chi connectivity index (χ2n) is 3.55. The highest BCUT2D eigenvalue weighted by Gasteiger charge is 2.71. The van der Waals surface area contributed by atoms with Gasteiger partial charge in [-0.15, -0.1) is 0 Å². The molecule has 0 aliphatic heterocycles. The van der Waals surface area contributed by atoms with Gasteiger partial charge in [0.15, 0.2) is 17.3 Å². The summed E-state index contributed by atoms with van der Waals surface area (Å²) in [5.74, 6) is 0. The van der Waals surface area contributed by atoms with Crippen molar-refractivity contribution in [3.63, 3.8) is 0 Å². The first-order valence-electron chi connectivity index (χ1n) is 4.27. The largest absolute Gasteiger partial charge is 0.192 e. The van der Waals surface area contributed by atoms with Crippen LogP contribution in [0, 0.1) is 0 Å². The molecule has 0 saturated carbocycles. The van der Waals surface area contributed by atoms with E-state index in [-0.39, 0.29) is 10.1 Å². The third kappa shape index (κ3) is 2.87. The zero-order chi connectivity index (χ0) is 16.3. The molecule has 0 aromatic rings. The van der Waals surface area contributed by atoms with Crippen LogP contribution >= 0.6 is 139 Å². The second kappa shape index (κ2) is 6.36. The normalized spacial score (nSPS) is 28.2. The van der Waals surface area contributed by atoms with E-state index in [0.29, 0.717) is 0 Å². The molecule has 0 aromatic heterocycles. The zero-order valence-electron chi connectivity index (χ0n) is 8.54. The minimum absolute atomic E-state index is 0.358. The Bertz CT molecular complexity index is 450. The average Bonchev–Trinajstić information content (AvgIpc) is 2.33. The molecule has 0 heterocycles. The molecule has 0 saturated heterocycles. The topological polar surface area (TPSA) is 0 Å². The van der Waals surface area contributed by atoms with Crippen molar-refractivity contribution in [2.24, 2.45) is 0 Å². The van der Waals surface area contributed by atoms with Crippen molar-refractivity contribution in [1.82, 2.24) is 0 Å². The highest BCUT2D eigenvalue weighted by molar-refractivity contribution is 6.77. The first-order chi connectivity index (χ1) is 8.64. The van der Waals surface area contributed by atoms with Crippen LogP contribution in [0.15, 0.2) is 20.1 Å². The van der Waals surface area contributed by atoms with Crippen LogP contribution in [0.5, 0.6) is 0 Å². The van der Waals surface area contributed by atoms with Gasteiger partial charge in [0, 0.05) is 0 Å². The molecule has 0 aromatic carbocycles. The molecule has 1 rings (SSSR count). The monoisotopic (exact) mass is 516 g/mol. The lowest BCUT2D eigenvalue weighted by molar-refractivity contribution is 0.603.